The van der Waals surface area contributed by atoms with Crippen LogP contribution in [0.4, 0.5) is 4.79 Å². The van der Waals surface area contributed by atoms with Gasteiger partial charge in [-0.3, -0.25) is 9.88 Å². The van der Waals surface area contributed by atoms with E-state index in [4.69, 9.17) is 4.74 Å². The lowest BCUT2D eigenvalue weighted by Gasteiger charge is -2.27. The van der Waals surface area contributed by atoms with Crippen molar-refractivity contribution in [2.24, 2.45) is 0 Å². The fourth-order valence-corrected chi connectivity index (χ4v) is 2.51. The van der Waals surface area contributed by atoms with Crippen molar-refractivity contribution in [3.8, 4) is 5.75 Å². The highest BCUT2D eigenvalue weighted by Gasteiger charge is 2.29. The second-order valence-corrected chi connectivity index (χ2v) is 4.97. The number of nitrogens with one attached hydrogen (secondary N) is 1. The summed E-state index contributed by atoms with van der Waals surface area (Å²) in [6.07, 6.45) is 1.94. The Bertz CT molecular complexity index is 672. The number of urea groups is 1. The number of hydrogen-bond acceptors (Lipinski definition) is 3. The molecule has 1 atom stereocenters. The van der Waals surface area contributed by atoms with Crippen molar-refractivity contribution in [2.45, 2.75) is 12.6 Å². The largest absolute Gasteiger partial charge is 0.464 e. The smallest absolute Gasteiger partial charge is 0.320 e. The lowest BCUT2D eigenvalue weighted by molar-refractivity contribution is 0.0653. The van der Waals surface area contributed by atoms with Gasteiger partial charge in [0.25, 0.3) is 0 Å². The van der Waals surface area contributed by atoms with E-state index in [1.54, 1.807) is 20.3 Å². The number of fused-ring (bicyclic) bond motifs is 2. The molecule has 0 radical (unpaired) electrons. The SMILES string of the molecule is CNC(=O)N(C)C1Oc2ccccc2Cc2cccnc21. The fraction of sp³-hybridized carbons (Fsp3) is 0.250. The van der Waals surface area contributed by atoms with Gasteiger partial charge in [-0.05, 0) is 23.3 Å². The fourth-order valence-electron chi connectivity index (χ4n) is 2.51. The molecule has 0 saturated carbocycles. The van der Waals surface area contributed by atoms with Crippen molar-refractivity contribution >= 4 is 6.03 Å². The third-order valence-electron chi connectivity index (χ3n) is 3.64. The number of aromatic nitrogens is 1. The molecule has 3 rings (SSSR count). The van der Waals surface area contributed by atoms with E-state index in [-0.39, 0.29) is 6.03 Å². The Balaban J connectivity index is 2.09. The Kier molecular flexibility index (Phi) is 3.48. The molecule has 5 heteroatoms. The molecule has 1 aliphatic rings. The number of pyridine rings is 1. The molecular formula is C16H17N3O2. The molecule has 5 nitrogen and oxygen atoms in total. The Morgan fingerprint density at radius 3 is 2.86 bits per heavy atom. The molecule has 2 heterocycles. The summed E-state index contributed by atoms with van der Waals surface area (Å²) in [5.74, 6) is 0.788. The first-order valence-electron chi connectivity index (χ1n) is 6.83. The minimum absolute atomic E-state index is 0.212. The molecule has 1 unspecified atom stereocenters. The molecular weight excluding hydrogens is 266 g/mol. The molecule has 2 aromatic rings. The quantitative estimate of drug-likeness (QED) is 0.874. The maximum Gasteiger partial charge on any atom is 0.320 e. The average Bonchev–Trinajstić information content (AvgIpc) is 2.69. The van der Waals surface area contributed by atoms with Crippen LogP contribution in [0.1, 0.15) is 23.0 Å². The van der Waals surface area contributed by atoms with E-state index in [0.29, 0.717) is 0 Å². The summed E-state index contributed by atoms with van der Waals surface area (Å²) in [6.45, 7) is 0. The maximum atomic E-state index is 12.0. The molecule has 1 aromatic heterocycles. The molecule has 0 fully saturated rings. The van der Waals surface area contributed by atoms with Crippen LogP contribution in [0.25, 0.3) is 0 Å². The topological polar surface area (TPSA) is 54.5 Å². The van der Waals surface area contributed by atoms with E-state index in [2.05, 4.69) is 10.3 Å². The van der Waals surface area contributed by atoms with Crippen molar-refractivity contribution in [1.29, 1.82) is 0 Å². The zero-order valence-electron chi connectivity index (χ0n) is 12.0. The predicted molar refractivity (Wildman–Crippen MR) is 79.1 cm³/mol. The molecule has 0 bridgehead atoms. The summed E-state index contributed by atoms with van der Waals surface area (Å²) >= 11 is 0. The monoisotopic (exact) mass is 283 g/mol. The number of carbonyl (C=O) groups excluding carboxylic acids is 1. The van der Waals surface area contributed by atoms with Gasteiger partial charge >= 0.3 is 6.03 Å². The second kappa shape index (κ2) is 5.44. The number of amides is 2. The summed E-state index contributed by atoms with van der Waals surface area (Å²) in [5.41, 5.74) is 2.95. The summed E-state index contributed by atoms with van der Waals surface area (Å²) in [5, 5.41) is 2.62. The highest BCUT2D eigenvalue weighted by atomic mass is 16.5. The highest BCUT2D eigenvalue weighted by molar-refractivity contribution is 5.74. The minimum Gasteiger partial charge on any atom is -0.464 e. The molecule has 1 aliphatic heterocycles. The third-order valence-corrected chi connectivity index (χ3v) is 3.64. The number of nitrogens with zero attached hydrogens (tertiary/aromatic N) is 2. The van der Waals surface area contributed by atoms with Crippen LogP contribution in [0.3, 0.4) is 0 Å². The summed E-state index contributed by atoms with van der Waals surface area (Å²) in [7, 11) is 3.30. The lowest BCUT2D eigenvalue weighted by Crippen LogP contribution is -2.40. The van der Waals surface area contributed by atoms with Crippen LogP contribution in [0, 0.1) is 0 Å². The van der Waals surface area contributed by atoms with Gasteiger partial charge in [0.2, 0.25) is 6.23 Å². The van der Waals surface area contributed by atoms with Gasteiger partial charge in [-0.15, -0.1) is 0 Å². The zero-order valence-corrected chi connectivity index (χ0v) is 12.0. The predicted octanol–water partition coefficient (Wildman–Crippen LogP) is 2.33. The summed E-state index contributed by atoms with van der Waals surface area (Å²) < 4.78 is 6.07. The molecule has 2 amide bonds. The molecule has 1 aromatic carbocycles. The van der Waals surface area contributed by atoms with E-state index in [9.17, 15) is 4.79 Å². The van der Waals surface area contributed by atoms with Crippen molar-refractivity contribution in [1.82, 2.24) is 15.2 Å². The van der Waals surface area contributed by atoms with Crippen LogP contribution < -0.4 is 10.1 Å². The highest BCUT2D eigenvalue weighted by Crippen LogP contribution is 2.34. The normalized spacial score (nSPS) is 16.0. The number of ether oxygens (including phenoxy) is 1. The van der Waals surface area contributed by atoms with E-state index >= 15 is 0 Å². The molecule has 0 aliphatic carbocycles. The summed E-state index contributed by atoms with van der Waals surface area (Å²) in [6, 6.07) is 11.6. The Labute approximate surface area is 123 Å². The number of carbonyl (C=O) groups is 1. The lowest BCUT2D eigenvalue weighted by atomic mass is 10.0. The van der Waals surface area contributed by atoms with Crippen molar-refractivity contribution in [3.05, 3.63) is 59.4 Å². The van der Waals surface area contributed by atoms with Crippen LogP contribution >= 0.6 is 0 Å². The van der Waals surface area contributed by atoms with Crippen LogP contribution in [-0.4, -0.2) is 30.0 Å². The van der Waals surface area contributed by atoms with Crippen molar-refractivity contribution in [3.63, 3.8) is 0 Å². The van der Waals surface area contributed by atoms with Gasteiger partial charge in [0, 0.05) is 26.7 Å². The van der Waals surface area contributed by atoms with Crippen LogP contribution in [-0.2, 0) is 6.42 Å². The molecule has 1 N–H and O–H groups in total. The van der Waals surface area contributed by atoms with Crippen LogP contribution in [0.2, 0.25) is 0 Å². The number of para-hydroxylation sites is 1. The minimum atomic E-state index is -0.537. The number of benzene rings is 1. The van der Waals surface area contributed by atoms with E-state index in [1.165, 1.54) is 4.90 Å². The van der Waals surface area contributed by atoms with E-state index < -0.39 is 6.23 Å². The zero-order chi connectivity index (χ0) is 14.8. The Morgan fingerprint density at radius 2 is 2.05 bits per heavy atom. The van der Waals surface area contributed by atoms with Gasteiger partial charge in [0.05, 0.1) is 0 Å². The number of rotatable bonds is 1. The molecule has 21 heavy (non-hydrogen) atoms. The van der Waals surface area contributed by atoms with Crippen molar-refractivity contribution < 1.29 is 9.53 Å². The van der Waals surface area contributed by atoms with Gasteiger partial charge in [0.1, 0.15) is 11.4 Å². The Hall–Kier alpha value is -2.56. The first-order valence-corrected chi connectivity index (χ1v) is 6.83. The second-order valence-electron chi connectivity index (χ2n) is 4.97. The van der Waals surface area contributed by atoms with Gasteiger partial charge in [-0.1, -0.05) is 24.3 Å². The standard InChI is InChI=1S/C16H17N3O2/c1-17-16(20)19(2)15-14-12(7-5-9-18-14)10-11-6-3-4-8-13(11)21-15/h3-9,15H,10H2,1-2H3,(H,17,20). The van der Waals surface area contributed by atoms with Crippen molar-refractivity contribution in [2.75, 3.05) is 14.1 Å². The number of hydrogen-bond donors (Lipinski definition) is 1. The first kappa shape index (κ1) is 13.4. The summed E-state index contributed by atoms with van der Waals surface area (Å²) in [4.78, 5) is 17.9. The molecule has 108 valence electrons. The van der Waals surface area contributed by atoms with Gasteiger partial charge in [-0.2, -0.15) is 0 Å². The van der Waals surface area contributed by atoms with Gasteiger partial charge in [-0.25, -0.2) is 4.79 Å². The molecule has 0 saturated heterocycles. The maximum absolute atomic E-state index is 12.0. The Morgan fingerprint density at radius 1 is 1.29 bits per heavy atom. The van der Waals surface area contributed by atoms with Gasteiger partial charge < -0.3 is 10.1 Å². The molecule has 0 spiro atoms. The van der Waals surface area contributed by atoms with Crippen LogP contribution in [0.15, 0.2) is 42.6 Å². The van der Waals surface area contributed by atoms with Gasteiger partial charge in [0.15, 0.2) is 0 Å². The first-order chi connectivity index (χ1) is 10.2. The average molecular weight is 283 g/mol. The van der Waals surface area contributed by atoms with E-state index in [1.807, 2.05) is 36.4 Å². The van der Waals surface area contributed by atoms with E-state index in [0.717, 1.165) is 29.0 Å². The third kappa shape index (κ3) is 2.42. The van der Waals surface area contributed by atoms with Crippen LogP contribution in [0.5, 0.6) is 5.75 Å².